The summed E-state index contributed by atoms with van der Waals surface area (Å²) in [6.07, 6.45) is -0.849. The normalized spacial score (nSPS) is 11.8. The molecule has 22 heavy (non-hydrogen) atoms. The number of carbonyl (C=O) groups is 2. The average molecular weight is 302 g/mol. The number of hydrogen-bond acceptors (Lipinski definition) is 5. The molecule has 116 valence electrons. The molecule has 0 radical (unpaired) electrons. The third-order valence-corrected chi connectivity index (χ3v) is 3.22. The predicted octanol–water partition coefficient (Wildman–Crippen LogP) is 2.40. The molecular formula is C16H18N2O4. The molecule has 1 N–H and O–H groups in total. The van der Waals surface area contributed by atoms with E-state index in [0.717, 1.165) is 0 Å². The molecule has 6 nitrogen and oxygen atoms in total. The van der Waals surface area contributed by atoms with Crippen LogP contribution in [0.3, 0.4) is 0 Å². The summed E-state index contributed by atoms with van der Waals surface area (Å²) in [4.78, 5) is 23.9. The van der Waals surface area contributed by atoms with Crippen molar-refractivity contribution in [1.82, 2.24) is 5.16 Å². The minimum Gasteiger partial charge on any atom is -0.452 e. The van der Waals surface area contributed by atoms with Gasteiger partial charge in [0.25, 0.3) is 5.91 Å². The van der Waals surface area contributed by atoms with Gasteiger partial charge in [-0.2, -0.15) is 0 Å². The van der Waals surface area contributed by atoms with Crippen molar-refractivity contribution < 1.29 is 18.8 Å². The molecule has 0 saturated carbocycles. The summed E-state index contributed by atoms with van der Waals surface area (Å²) in [5, 5.41) is 6.46. The van der Waals surface area contributed by atoms with Crippen LogP contribution in [0.1, 0.15) is 23.9 Å². The van der Waals surface area contributed by atoms with E-state index >= 15 is 0 Å². The second kappa shape index (κ2) is 6.89. The molecule has 1 aromatic carbocycles. The second-order valence-corrected chi connectivity index (χ2v) is 4.97. The van der Waals surface area contributed by atoms with Crippen LogP contribution in [0.25, 0.3) is 0 Å². The van der Waals surface area contributed by atoms with Gasteiger partial charge in [0, 0.05) is 11.3 Å². The van der Waals surface area contributed by atoms with Crippen molar-refractivity contribution in [3.05, 3.63) is 47.3 Å². The maximum absolute atomic E-state index is 12.0. The molecule has 0 bridgehead atoms. The first-order chi connectivity index (χ1) is 10.5. The molecule has 1 amide bonds. The van der Waals surface area contributed by atoms with Gasteiger partial charge in [-0.25, -0.2) is 0 Å². The Morgan fingerprint density at radius 1 is 1.27 bits per heavy atom. The highest BCUT2D eigenvalue weighted by Gasteiger charge is 2.20. The fourth-order valence-corrected chi connectivity index (χ4v) is 1.96. The third-order valence-electron chi connectivity index (χ3n) is 3.22. The minimum atomic E-state index is -0.881. The van der Waals surface area contributed by atoms with E-state index in [0.29, 0.717) is 22.7 Å². The lowest BCUT2D eigenvalue weighted by molar-refractivity contribution is -0.152. The summed E-state index contributed by atoms with van der Waals surface area (Å²) < 4.78 is 10.1. The van der Waals surface area contributed by atoms with Gasteiger partial charge in [0.2, 0.25) is 0 Å². The van der Waals surface area contributed by atoms with Crippen LogP contribution in [0.15, 0.2) is 34.9 Å². The molecular weight excluding hydrogens is 284 g/mol. The monoisotopic (exact) mass is 302 g/mol. The Labute approximate surface area is 128 Å². The number of benzene rings is 1. The van der Waals surface area contributed by atoms with Gasteiger partial charge >= 0.3 is 5.97 Å². The van der Waals surface area contributed by atoms with Gasteiger partial charge in [-0.05, 0) is 32.9 Å². The lowest BCUT2D eigenvalue weighted by Crippen LogP contribution is -2.30. The Balaban J connectivity index is 1.89. The number of hydrogen-bond donors (Lipinski definition) is 1. The van der Waals surface area contributed by atoms with E-state index in [9.17, 15) is 9.59 Å². The van der Waals surface area contributed by atoms with E-state index in [1.807, 2.05) is 18.2 Å². The fourth-order valence-electron chi connectivity index (χ4n) is 1.96. The van der Waals surface area contributed by atoms with Crippen molar-refractivity contribution in [3.63, 3.8) is 0 Å². The molecule has 1 aromatic heterocycles. The number of esters is 1. The topological polar surface area (TPSA) is 81.4 Å². The summed E-state index contributed by atoms with van der Waals surface area (Å²) in [7, 11) is 0. The third kappa shape index (κ3) is 3.94. The van der Waals surface area contributed by atoms with Crippen LogP contribution in [0, 0.1) is 13.8 Å². The molecule has 0 fully saturated rings. The van der Waals surface area contributed by atoms with E-state index in [1.54, 1.807) is 26.0 Å². The van der Waals surface area contributed by atoms with Crippen LogP contribution < -0.4 is 5.32 Å². The maximum Gasteiger partial charge on any atom is 0.311 e. The van der Waals surface area contributed by atoms with Crippen LogP contribution in [0.5, 0.6) is 0 Å². The smallest absolute Gasteiger partial charge is 0.311 e. The highest BCUT2D eigenvalue weighted by molar-refractivity contribution is 5.95. The predicted molar refractivity (Wildman–Crippen MR) is 80.3 cm³/mol. The zero-order chi connectivity index (χ0) is 16.1. The number of aryl methyl sites for hydroxylation is 2. The first-order valence-corrected chi connectivity index (χ1v) is 6.94. The summed E-state index contributed by atoms with van der Waals surface area (Å²) in [5.41, 5.74) is 2.00. The van der Waals surface area contributed by atoms with E-state index in [4.69, 9.17) is 9.26 Å². The van der Waals surface area contributed by atoms with Crippen LogP contribution in [0.4, 0.5) is 5.69 Å². The highest BCUT2D eigenvalue weighted by Crippen LogP contribution is 2.14. The van der Waals surface area contributed by atoms with E-state index in [2.05, 4.69) is 10.5 Å². The molecule has 0 spiro atoms. The molecule has 1 heterocycles. The number of rotatable bonds is 5. The zero-order valence-corrected chi connectivity index (χ0v) is 12.8. The molecule has 0 aliphatic rings. The number of amides is 1. The number of anilines is 1. The van der Waals surface area contributed by atoms with Crippen molar-refractivity contribution in [3.8, 4) is 0 Å². The summed E-state index contributed by atoms with van der Waals surface area (Å²) in [5.74, 6) is -0.292. The van der Waals surface area contributed by atoms with E-state index in [-0.39, 0.29) is 12.3 Å². The quantitative estimate of drug-likeness (QED) is 0.858. The molecule has 1 atom stereocenters. The van der Waals surface area contributed by atoms with Gasteiger partial charge in [-0.15, -0.1) is 0 Å². The average Bonchev–Trinajstić information content (AvgIpc) is 2.80. The first-order valence-electron chi connectivity index (χ1n) is 6.94. The summed E-state index contributed by atoms with van der Waals surface area (Å²) in [6.45, 7) is 5.02. The Kier molecular flexibility index (Phi) is 4.93. The van der Waals surface area contributed by atoms with Gasteiger partial charge in [-0.3, -0.25) is 9.59 Å². The van der Waals surface area contributed by atoms with Crippen LogP contribution in [0.2, 0.25) is 0 Å². The van der Waals surface area contributed by atoms with Crippen LogP contribution in [-0.2, 0) is 20.7 Å². The minimum absolute atomic E-state index is 0.0319. The maximum atomic E-state index is 12.0. The number of nitrogens with one attached hydrogen (secondary N) is 1. The molecule has 0 aliphatic carbocycles. The number of ether oxygens (including phenoxy) is 1. The van der Waals surface area contributed by atoms with Gasteiger partial charge in [-0.1, -0.05) is 23.4 Å². The van der Waals surface area contributed by atoms with E-state index < -0.39 is 12.1 Å². The number of nitrogens with zero attached hydrogens (tertiary/aromatic N) is 1. The van der Waals surface area contributed by atoms with Crippen molar-refractivity contribution >= 4 is 17.6 Å². The van der Waals surface area contributed by atoms with Crippen molar-refractivity contribution in [2.75, 3.05) is 5.32 Å². The fraction of sp³-hybridized carbons (Fsp3) is 0.312. The lowest BCUT2D eigenvalue weighted by atomic mass is 10.1. The largest absolute Gasteiger partial charge is 0.452 e. The van der Waals surface area contributed by atoms with Crippen molar-refractivity contribution in [2.45, 2.75) is 33.3 Å². The molecule has 0 aliphatic heterocycles. The Morgan fingerprint density at radius 3 is 2.55 bits per heavy atom. The van der Waals surface area contributed by atoms with Crippen molar-refractivity contribution in [1.29, 1.82) is 0 Å². The number of para-hydroxylation sites is 1. The van der Waals surface area contributed by atoms with Crippen LogP contribution in [-0.4, -0.2) is 23.1 Å². The van der Waals surface area contributed by atoms with Gasteiger partial charge in [0.05, 0.1) is 12.1 Å². The Bertz CT molecular complexity index is 645. The standard InChI is InChI=1S/C16H18N2O4/c1-10-14(11(2)22-18-10)9-15(19)21-12(3)16(20)17-13-7-5-4-6-8-13/h4-8,12H,9H2,1-3H3,(H,17,20). The van der Waals surface area contributed by atoms with Gasteiger partial charge < -0.3 is 14.6 Å². The number of aromatic nitrogens is 1. The zero-order valence-electron chi connectivity index (χ0n) is 12.8. The van der Waals surface area contributed by atoms with Crippen LogP contribution >= 0.6 is 0 Å². The van der Waals surface area contributed by atoms with Crippen molar-refractivity contribution in [2.24, 2.45) is 0 Å². The van der Waals surface area contributed by atoms with E-state index in [1.165, 1.54) is 6.92 Å². The summed E-state index contributed by atoms with van der Waals surface area (Å²) in [6, 6.07) is 8.99. The Morgan fingerprint density at radius 2 is 1.95 bits per heavy atom. The SMILES string of the molecule is Cc1noc(C)c1CC(=O)OC(C)C(=O)Nc1ccccc1. The second-order valence-electron chi connectivity index (χ2n) is 4.97. The molecule has 2 rings (SSSR count). The molecule has 0 saturated heterocycles. The van der Waals surface area contributed by atoms with Gasteiger partial charge in [0.15, 0.2) is 6.10 Å². The molecule has 1 unspecified atom stereocenters. The molecule has 6 heteroatoms. The van der Waals surface area contributed by atoms with Gasteiger partial charge in [0.1, 0.15) is 5.76 Å². The summed E-state index contributed by atoms with van der Waals surface area (Å²) >= 11 is 0. The lowest BCUT2D eigenvalue weighted by Gasteiger charge is -2.13. The first kappa shape index (κ1) is 15.8. The molecule has 2 aromatic rings. The Hall–Kier alpha value is -2.63. The highest BCUT2D eigenvalue weighted by atomic mass is 16.5. The number of carbonyl (C=O) groups excluding carboxylic acids is 2.